The highest BCUT2D eigenvalue weighted by atomic mass is 16.3. The van der Waals surface area contributed by atoms with Gasteiger partial charge in [-0.3, -0.25) is 0 Å². The summed E-state index contributed by atoms with van der Waals surface area (Å²) in [5.74, 6) is 2.42. The van der Waals surface area contributed by atoms with Crippen LogP contribution in [0.4, 0.5) is 0 Å². The van der Waals surface area contributed by atoms with Crippen LogP contribution < -0.4 is 0 Å². The van der Waals surface area contributed by atoms with E-state index in [2.05, 4.69) is 54.6 Å². The van der Waals surface area contributed by atoms with Crippen LogP contribution in [0.25, 0.3) is 101 Å². The molecule has 0 radical (unpaired) electrons. The quantitative estimate of drug-likeness (QED) is 0.186. The van der Waals surface area contributed by atoms with Gasteiger partial charge in [-0.25, -0.2) is 19.9 Å². The van der Waals surface area contributed by atoms with Crippen molar-refractivity contribution in [2.75, 3.05) is 0 Å². The maximum absolute atomic E-state index is 6.39. The number of hydrogen-bond donors (Lipinski definition) is 0. The first-order valence-corrected chi connectivity index (χ1v) is 16.5. The average molecular weight is 643 g/mol. The molecule has 0 spiro atoms. The van der Waals surface area contributed by atoms with Gasteiger partial charge in [-0.2, -0.15) is 0 Å². The van der Waals surface area contributed by atoms with Gasteiger partial charge in [0.15, 0.2) is 23.1 Å². The van der Waals surface area contributed by atoms with Crippen LogP contribution in [0.15, 0.2) is 167 Å². The second-order valence-corrected chi connectivity index (χ2v) is 12.3. The first kappa shape index (κ1) is 28.1. The van der Waals surface area contributed by atoms with E-state index in [1.807, 2.05) is 103 Å². The van der Waals surface area contributed by atoms with Crippen LogP contribution in [-0.4, -0.2) is 19.9 Å². The number of aromatic nitrogens is 4. The molecule has 0 saturated carbocycles. The van der Waals surface area contributed by atoms with Gasteiger partial charge in [-0.15, -0.1) is 0 Å². The number of hydrogen-bond acceptors (Lipinski definition) is 6. The van der Waals surface area contributed by atoms with E-state index >= 15 is 0 Å². The Morgan fingerprint density at radius 1 is 0.360 bits per heavy atom. The lowest BCUT2D eigenvalue weighted by atomic mass is 10.0. The van der Waals surface area contributed by atoms with Gasteiger partial charge in [-0.05, 0) is 58.3 Å². The molecule has 6 nitrogen and oxygen atoms in total. The second-order valence-electron chi connectivity index (χ2n) is 12.3. The minimum Gasteiger partial charge on any atom is -0.456 e. The van der Waals surface area contributed by atoms with Crippen LogP contribution >= 0.6 is 0 Å². The number of nitrogens with zero attached hydrogens (tertiary/aromatic N) is 4. The van der Waals surface area contributed by atoms with Crippen LogP contribution in [0.2, 0.25) is 0 Å². The number of rotatable bonds is 5. The predicted octanol–water partition coefficient (Wildman–Crippen LogP) is 11.4. The minimum atomic E-state index is 0.584. The molecule has 3 aromatic heterocycles. The lowest BCUT2D eigenvalue weighted by Crippen LogP contribution is -2.00. The van der Waals surface area contributed by atoms with E-state index in [9.17, 15) is 0 Å². The molecule has 6 heteroatoms. The number of furan rings is 1. The Morgan fingerprint density at radius 2 is 1.00 bits per heavy atom. The van der Waals surface area contributed by atoms with Crippen LogP contribution in [0, 0.1) is 0 Å². The molecule has 7 aromatic carbocycles. The third-order valence-electron chi connectivity index (χ3n) is 9.18. The number of oxazole rings is 1. The zero-order chi connectivity index (χ0) is 33.0. The Bertz CT molecular complexity index is 2810. The summed E-state index contributed by atoms with van der Waals surface area (Å²) in [6.07, 6.45) is 0. The summed E-state index contributed by atoms with van der Waals surface area (Å²) in [4.78, 5) is 19.8. The van der Waals surface area contributed by atoms with Gasteiger partial charge >= 0.3 is 0 Å². The van der Waals surface area contributed by atoms with Crippen molar-refractivity contribution in [3.63, 3.8) is 0 Å². The zero-order valence-corrected chi connectivity index (χ0v) is 26.6. The van der Waals surface area contributed by atoms with Crippen molar-refractivity contribution >= 4 is 43.8 Å². The summed E-state index contributed by atoms with van der Waals surface area (Å²) in [5.41, 5.74) is 8.85. The lowest BCUT2D eigenvalue weighted by Gasteiger charge is -2.09. The van der Waals surface area contributed by atoms with Gasteiger partial charge in [-0.1, -0.05) is 121 Å². The second kappa shape index (κ2) is 11.4. The van der Waals surface area contributed by atoms with Crippen molar-refractivity contribution in [1.29, 1.82) is 0 Å². The molecule has 0 aliphatic carbocycles. The van der Waals surface area contributed by atoms with Crippen molar-refractivity contribution in [3.05, 3.63) is 158 Å². The fraction of sp³-hybridized carbons (Fsp3) is 0. The van der Waals surface area contributed by atoms with Gasteiger partial charge in [0.2, 0.25) is 5.89 Å². The van der Waals surface area contributed by atoms with E-state index < -0.39 is 0 Å². The van der Waals surface area contributed by atoms with Gasteiger partial charge in [0.25, 0.3) is 0 Å². The number of benzene rings is 7. The van der Waals surface area contributed by atoms with Crippen molar-refractivity contribution in [1.82, 2.24) is 19.9 Å². The Kier molecular flexibility index (Phi) is 6.39. The van der Waals surface area contributed by atoms with E-state index in [4.69, 9.17) is 28.8 Å². The summed E-state index contributed by atoms with van der Waals surface area (Å²) in [5, 5.41) is 4.19. The van der Waals surface area contributed by atoms with E-state index in [1.54, 1.807) is 0 Å². The largest absolute Gasteiger partial charge is 0.456 e. The molecule has 0 fully saturated rings. The smallest absolute Gasteiger partial charge is 0.227 e. The van der Waals surface area contributed by atoms with Crippen molar-refractivity contribution in [2.45, 2.75) is 0 Å². The Balaban J connectivity index is 1.11. The summed E-state index contributed by atoms with van der Waals surface area (Å²) < 4.78 is 12.8. The van der Waals surface area contributed by atoms with Gasteiger partial charge in [0.05, 0.1) is 0 Å². The summed E-state index contributed by atoms with van der Waals surface area (Å²) >= 11 is 0. The average Bonchev–Trinajstić information content (AvgIpc) is 3.79. The molecule has 0 bridgehead atoms. The monoisotopic (exact) mass is 642 g/mol. The molecular formula is C44H26N4O2. The topological polar surface area (TPSA) is 77.8 Å². The summed E-state index contributed by atoms with van der Waals surface area (Å²) in [7, 11) is 0. The van der Waals surface area contributed by atoms with Gasteiger partial charge in [0, 0.05) is 33.0 Å². The van der Waals surface area contributed by atoms with Gasteiger partial charge in [0.1, 0.15) is 16.7 Å². The number of fused-ring (bicyclic) bond motifs is 5. The summed E-state index contributed by atoms with van der Waals surface area (Å²) in [6, 6.07) is 53.0. The molecule has 10 rings (SSSR count). The van der Waals surface area contributed by atoms with Crippen molar-refractivity contribution < 1.29 is 8.83 Å². The standard InChI is InChI=1S/C44H26N4O2/c1-3-12-28(13-4-1)41-46-42(29-14-5-2-6-15-29)48-43(47-41)34-19-10-20-38-40(34)35-25-30(22-24-37(35)49-38)31-21-23-36-39(26-31)50-44(45-36)33-18-9-16-27-11-7-8-17-32(27)33/h1-26H. The molecule has 234 valence electrons. The third-order valence-corrected chi connectivity index (χ3v) is 9.18. The van der Waals surface area contributed by atoms with Gasteiger partial charge < -0.3 is 8.83 Å². The van der Waals surface area contributed by atoms with E-state index in [-0.39, 0.29) is 0 Å². The zero-order valence-electron chi connectivity index (χ0n) is 26.6. The molecule has 0 unspecified atom stereocenters. The maximum Gasteiger partial charge on any atom is 0.227 e. The molecule has 0 amide bonds. The first-order valence-electron chi connectivity index (χ1n) is 16.5. The van der Waals surface area contributed by atoms with Crippen LogP contribution in [0.1, 0.15) is 0 Å². The molecule has 0 N–H and O–H groups in total. The van der Waals surface area contributed by atoms with Crippen LogP contribution in [0.3, 0.4) is 0 Å². The molecule has 0 saturated heterocycles. The first-order chi connectivity index (χ1) is 24.7. The molecule has 0 atom stereocenters. The minimum absolute atomic E-state index is 0.584. The van der Waals surface area contributed by atoms with Crippen molar-refractivity contribution in [2.24, 2.45) is 0 Å². The molecule has 10 aromatic rings. The van der Waals surface area contributed by atoms with Crippen LogP contribution in [0.5, 0.6) is 0 Å². The Labute approximate surface area is 286 Å². The highest BCUT2D eigenvalue weighted by molar-refractivity contribution is 6.13. The fourth-order valence-electron chi connectivity index (χ4n) is 6.75. The highest BCUT2D eigenvalue weighted by Gasteiger charge is 2.19. The molecule has 50 heavy (non-hydrogen) atoms. The highest BCUT2D eigenvalue weighted by Crippen LogP contribution is 2.39. The normalized spacial score (nSPS) is 11.6. The predicted molar refractivity (Wildman–Crippen MR) is 199 cm³/mol. The van der Waals surface area contributed by atoms with E-state index in [0.29, 0.717) is 23.4 Å². The summed E-state index contributed by atoms with van der Waals surface area (Å²) in [6.45, 7) is 0. The Morgan fingerprint density at radius 3 is 1.80 bits per heavy atom. The molecular weight excluding hydrogens is 617 g/mol. The van der Waals surface area contributed by atoms with E-state index in [0.717, 1.165) is 77.2 Å². The van der Waals surface area contributed by atoms with E-state index in [1.165, 1.54) is 0 Å². The van der Waals surface area contributed by atoms with Crippen molar-refractivity contribution in [3.8, 4) is 56.7 Å². The molecule has 0 aliphatic heterocycles. The fourth-order valence-corrected chi connectivity index (χ4v) is 6.75. The lowest BCUT2D eigenvalue weighted by molar-refractivity contribution is 0.621. The molecule has 3 heterocycles. The Hall–Kier alpha value is -6.92. The molecule has 0 aliphatic rings. The van der Waals surface area contributed by atoms with Crippen LogP contribution in [-0.2, 0) is 0 Å². The maximum atomic E-state index is 6.39. The SMILES string of the molecule is c1ccc(-c2nc(-c3ccccc3)nc(-c3cccc4oc5ccc(-c6ccc7nc(-c8cccc9ccccc89)oc7c6)cc5c34)n2)cc1. The third kappa shape index (κ3) is 4.73.